The van der Waals surface area contributed by atoms with Crippen LogP contribution in [-0.2, 0) is 6.42 Å². The summed E-state index contributed by atoms with van der Waals surface area (Å²) >= 11 is 0. The van der Waals surface area contributed by atoms with Crippen LogP contribution in [0.4, 0.5) is 0 Å². The third kappa shape index (κ3) is 4.46. The van der Waals surface area contributed by atoms with Gasteiger partial charge < -0.3 is 9.84 Å². The first kappa shape index (κ1) is 14.2. The maximum absolute atomic E-state index is 8.74. The van der Waals surface area contributed by atoms with Gasteiger partial charge in [0.1, 0.15) is 12.4 Å². The number of para-hydroxylation sites is 1. The Bertz CT molecular complexity index is 579. The van der Waals surface area contributed by atoms with Crippen molar-refractivity contribution in [2.45, 2.75) is 12.8 Å². The maximum Gasteiger partial charge on any atom is 0.134 e. The number of aryl methyl sites for hydroxylation is 1. The molecule has 0 aromatic heterocycles. The Kier molecular flexibility index (Phi) is 5.70. The van der Waals surface area contributed by atoms with Crippen LogP contribution in [0.1, 0.15) is 17.5 Å². The normalized spacial score (nSPS) is 9.65. The lowest BCUT2D eigenvalue weighted by Crippen LogP contribution is -2.00. The molecule has 0 aliphatic rings. The number of hydrogen-bond donors (Lipinski definition) is 1. The van der Waals surface area contributed by atoms with Crippen LogP contribution in [0.5, 0.6) is 5.75 Å². The number of aliphatic hydroxyl groups excluding tert-OH is 1. The van der Waals surface area contributed by atoms with Gasteiger partial charge >= 0.3 is 0 Å². The molecular weight excluding hydrogens is 248 g/mol. The van der Waals surface area contributed by atoms with E-state index < -0.39 is 0 Å². The molecule has 0 aliphatic carbocycles. The van der Waals surface area contributed by atoms with Gasteiger partial charge in [0, 0.05) is 0 Å². The largest absolute Gasteiger partial charge is 0.492 e. The summed E-state index contributed by atoms with van der Waals surface area (Å²) in [6, 6.07) is 18.0. The van der Waals surface area contributed by atoms with Crippen LogP contribution in [0.15, 0.2) is 54.6 Å². The average molecular weight is 266 g/mol. The standard InChI is InChI=1S/C18H18O2/c19-14-6-12-17-11-4-5-13-18(17)20-15-7-10-16-8-2-1-3-9-16/h1-5,8-9,11,13,19H,7,10,14-15H2. The lowest BCUT2D eigenvalue weighted by molar-refractivity contribution is 0.310. The van der Waals surface area contributed by atoms with E-state index in [2.05, 4.69) is 36.1 Å². The molecule has 0 spiro atoms. The van der Waals surface area contributed by atoms with Gasteiger partial charge in [-0.2, -0.15) is 0 Å². The lowest BCUT2D eigenvalue weighted by atomic mass is 10.1. The van der Waals surface area contributed by atoms with Crippen molar-refractivity contribution in [1.29, 1.82) is 0 Å². The van der Waals surface area contributed by atoms with Gasteiger partial charge in [-0.05, 0) is 30.5 Å². The molecule has 0 radical (unpaired) electrons. The fourth-order valence-electron chi connectivity index (χ4n) is 1.93. The lowest BCUT2D eigenvalue weighted by Gasteiger charge is -2.08. The molecule has 0 atom stereocenters. The second-order valence-electron chi connectivity index (χ2n) is 4.39. The summed E-state index contributed by atoms with van der Waals surface area (Å²) in [7, 11) is 0. The highest BCUT2D eigenvalue weighted by Gasteiger charge is 2.00. The smallest absolute Gasteiger partial charge is 0.134 e. The Labute approximate surface area is 120 Å². The van der Waals surface area contributed by atoms with E-state index >= 15 is 0 Å². The highest BCUT2D eigenvalue weighted by molar-refractivity contribution is 5.45. The first-order chi connectivity index (χ1) is 9.90. The van der Waals surface area contributed by atoms with E-state index in [0.717, 1.165) is 24.2 Å². The van der Waals surface area contributed by atoms with Gasteiger partial charge in [-0.1, -0.05) is 54.3 Å². The predicted molar refractivity (Wildman–Crippen MR) is 80.7 cm³/mol. The third-order valence-electron chi connectivity index (χ3n) is 2.90. The van der Waals surface area contributed by atoms with Crippen LogP contribution in [-0.4, -0.2) is 18.3 Å². The van der Waals surface area contributed by atoms with Crippen molar-refractivity contribution in [3.8, 4) is 17.6 Å². The molecule has 2 nitrogen and oxygen atoms in total. The summed E-state index contributed by atoms with van der Waals surface area (Å²) in [5.41, 5.74) is 2.14. The van der Waals surface area contributed by atoms with Gasteiger partial charge in [-0.25, -0.2) is 0 Å². The van der Waals surface area contributed by atoms with Crippen molar-refractivity contribution in [3.05, 3.63) is 65.7 Å². The van der Waals surface area contributed by atoms with Crippen LogP contribution in [0, 0.1) is 11.8 Å². The van der Waals surface area contributed by atoms with Gasteiger partial charge in [0.25, 0.3) is 0 Å². The van der Waals surface area contributed by atoms with Crippen LogP contribution in [0.3, 0.4) is 0 Å². The van der Waals surface area contributed by atoms with E-state index in [0.29, 0.717) is 6.61 Å². The van der Waals surface area contributed by atoms with Crippen molar-refractivity contribution < 1.29 is 9.84 Å². The van der Waals surface area contributed by atoms with E-state index in [4.69, 9.17) is 9.84 Å². The van der Waals surface area contributed by atoms with E-state index in [1.165, 1.54) is 5.56 Å². The van der Waals surface area contributed by atoms with Crippen molar-refractivity contribution in [2.75, 3.05) is 13.2 Å². The molecule has 2 heteroatoms. The Morgan fingerprint density at radius 1 is 0.950 bits per heavy atom. The zero-order valence-corrected chi connectivity index (χ0v) is 11.4. The second kappa shape index (κ2) is 8.04. The first-order valence-corrected chi connectivity index (χ1v) is 6.75. The number of benzene rings is 2. The number of ether oxygens (including phenoxy) is 1. The van der Waals surface area contributed by atoms with Crippen LogP contribution in [0.2, 0.25) is 0 Å². The summed E-state index contributed by atoms with van der Waals surface area (Å²) < 4.78 is 5.77. The van der Waals surface area contributed by atoms with Crippen LogP contribution >= 0.6 is 0 Å². The monoisotopic (exact) mass is 266 g/mol. The molecule has 2 aromatic rings. The summed E-state index contributed by atoms with van der Waals surface area (Å²) in [6.07, 6.45) is 1.97. The summed E-state index contributed by atoms with van der Waals surface area (Å²) in [5.74, 6) is 6.32. The van der Waals surface area contributed by atoms with Gasteiger partial charge in [-0.15, -0.1) is 0 Å². The van der Waals surface area contributed by atoms with Crippen molar-refractivity contribution in [3.63, 3.8) is 0 Å². The van der Waals surface area contributed by atoms with E-state index in [1.807, 2.05) is 30.3 Å². The number of hydrogen-bond acceptors (Lipinski definition) is 2. The third-order valence-corrected chi connectivity index (χ3v) is 2.90. The molecule has 20 heavy (non-hydrogen) atoms. The Morgan fingerprint density at radius 3 is 2.50 bits per heavy atom. The molecular formula is C18H18O2. The van der Waals surface area contributed by atoms with Gasteiger partial charge in [0.05, 0.1) is 12.2 Å². The molecule has 0 heterocycles. The minimum absolute atomic E-state index is 0.137. The van der Waals surface area contributed by atoms with E-state index in [1.54, 1.807) is 0 Å². The predicted octanol–water partition coefficient (Wildman–Crippen LogP) is 3.04. The SMILES string of the molecule is OCC#Cc1ccccc1OCCCc1ccccc1. The molecule has 0 saturated heterocycles. The molecule has 0 saturated carbocycles. The zero-order chi connectivity index (χ0) is 14.0. The molecule has 2 rings (SSSR count). The molecule has 0 bridgehead atoms. The van der Waals surface area contributed by atoms with Gasteiger partial charge in [-0.3, -0.25) is 0 Å². The summed E-state index contributed by atoms with van der Waals surface area (Å²) in [5, 5.41) is 8.74. The fourth-order valence-corrected chi connectivity index (χ4v) is 1.93. The molecule has 2 aromatic carbocycles. The summed E-state index contributed by atoms with van der Waals surface area (Å²) in [4.78, 5) is 0. The Morgan fingerprint density at radius 2 is 1.70 bits per heavy atom. The quantitative estimate of drug-likeness (QED) is 0.666. The fraction of sp³-hybridized carbons (Fsp3) is 0.222. The molecule has 0 amide bonds. The minimum atomic E-state index is -0.137. The molecule has 0 fully saturated rings. The van der Waals surface area contributed by atoms with Crippen molar-refractivity contribution >= 4 is 0 Å². The average Bonchev–Trinajstić information content (AvgIpc) is 2.51. The highest BCUT2D eigenvalue weighted by atomic mass is 16.5. The van der Waals surface area contributed by atoms with Gasteiger partial charge in [0.15, 0.2) is 0 Å². The first-order valence-electron chi connectivity index (χ1n) is 6.75. The second-order valence-corrected chi connectivity index (χ2v) is 4.39. The number of aliphatic hydroxyl groups is 1. The van der Waals surface area contributed by atoms with Crippen LogP contribution < -0.4 is 4.74 Å². The minimum Gasteiger partial charge on any atom is -0.492 e. The highest BCUT2D eigenvalue weighted by Crippen LogP contribution is 2.17. The Hall–Kier alpha value is -2.24. The Balaban J connectivity index is 1.85. The zero-order valence-electron chi connectivity index (χ0n) is 11.4. The number of rotatable bonds is 5. The van der Waals surface area contributed by atoms with Gasteiger partial charge in [0.2, 0.25) is 0 Å². The van der Waals surface area contributed by atoms with Crippen LogP contribution in [0.25, 0.3) is 0 Å². The molecule has 0 unspecified atom stereocenters. The summed E-state index contributed by atoms with van der Waals surface area (Å²) in [6.45, 7) is 0.523. The van der Waals surface area contributed by atoms with Crippen molar-refractivity contribution in [1.82, 2.24) is 0 Å². The molecule has 102 valence electrons. The van der Waals surface area contributed by atoms with E-state index in [9.17, 15) is 0 Å². The topological polar surface area (TPSA) is 29.5 Å². The van der Waals surface area contributed by atoms with Crippen molar-refractivity contribution in [2.24, 2.45) is 0 Å². The van der Waals surface area contributed by atoms with E-state index in [-0.39, 0.29) is 6.61 Å². The molecule has 0 aliphatic heterocycles. The maximum atomic E-state index is 8.74. The molecule has 1 N–H and O–H groups in total.